The van der Waals surface area contributed by atoms with Crippen molar-refractivity contribution >= 4 is 11.6 Å². The van der Waals surface area contributed by atoms with Gasteiger partial charge in [0.1, 0.15) is 11.9 Å². The lowest BCUT2D eigenvalue weighted by Crippen LogP contribution is -2.23. The lowest BCUT2D eigenvalue weighted by Gasteiger charge is -2.11. The maximum atomic E-state index is 13.1. The second-order valence-corrected chi connectivity index (χ2v) is 4.57. The molecule has 4 nitrogen and oxygen atoms in total. The lowest BCUT2D eigenvalue weighted by molar-refractivity contribution is -0.119. The quantitative estimate of drug-likeness (QED) is 0.835. The van der Waals surface area contributed by atoms with Crippen LogP contribution in [0.25, 0.3) is 0 Å². The van der Waals surface area contributed by atoms with E-state index in [1.807, 2.05) is 0 Å². The predicted octanol–water partition coefficient (Wildman–Crippen LogP) is 1.76. The monoisotopic (exact) mass is 247 g/mol. The first-order chi connectivity index (χ1) is 8.60. The predicted molar refractivity (Wildman–Crippen MR) is 65.1 cm³/mol. The van der Waals surface area contributed by atoms with Crippen LogP contribution < -0.4 is 11.1 Å². The topological polar surface area (TPSA) is 78.9 Å². The number of nitrogens with one attached hydrogen (secondary N) is 1. The molecule has 1 amide bonds. The number of anilines is 1. The molecule has 1 aromatic rings. The number of benzene rings is 1. The molecule has 1 aliphatic rings. The molecule has 2 atom stereocenters. The van der Waals surface area contributed by atoms with E-state index in [1.54, 1.807) is 6.07 Å². The van der Waals surface area contributed by atoms with Crippen molar-refractivity contribution in [2.45, 2.75) is 25.3 Å². The highest BCUT2D eigenvalue weighted by Gasteiger charge is 2.27. The number of nitrogens with zero attached hydrogens (tertiary/aromatic N) is 1. The number of hydrogen-bond donors (Lipinski definition) is 2. The van der Waals surface area contributed by atoms with Gasteiger partial charge in [-0.1, -0.05) is 0 Å². The summed E-state index contributed by atoms with van der Waals surface area (Å²) in [6.07, 6.45) is 2.31. The van der Waals surface area contributed by atoms with Crippen molar-refractivity contribution in [3.63, 3.8) is 0 Å². The molecule has 0 bridgehead atoms. The van der Waals surface area contributed by atoms with E-state index in [-0.39, 0.29) is 23.4 Å². The summed E-state index contributed by atoms with van der Waals surface area (Å²) in [4.78, 5) is 11.9. The highest BCUT2D eigenvalue weighted by atomic mass is 19.1. The van der Waals surface area contributed by atoms with E-state index in [0.29, 0.717) is 12.1 Å². The summed E-state index contributed by atoms with van der Waals surface area (Å²) < 4.78 is 13.1. The first-order valence-corrected chi connectivity index (χ1v) is 5.86. The number of amides is 1. The summed E-state index contributed by atoms with van der Waals surface area (Å²) in [5, 5.41) is 11.4. The molecule has 18 heavy (non-hydrogen) atoms. The molecule has 1 aromatic carbocycles. The highest BCUT2D eigenvalue weighted by molar-refractivity contribution is 5.92. The molecule has 1 aliphatic carbocycles. The Labute approximate surface area is 105 Å². The SMILES string of the molecule is N#Cc1cc(NC(=O)C2CCC(N)C2)ccc1F. The van der Waals surface area contributed by atoms with Crippen molar-refractivity contribution in [3.05, 3.63) is 29.6 Å². The van der Waals surface area contributed by atoms with E-state index in [0.717, 1.165) is 12.8 Å². The Morgan fingerprint density at radius 3 is 2.89 bits per heavy atom. The number of nitriles is 1. The van der Waals surface area contributed by atoms with Gasteiger partial charge in [0.2, 0.25) is 5.91 Å². The molecule has 5 heteroatoms. The van der Waals surface area contributed by atoms with Gasteiger partial charge >= 0.3 is 0 Å². The Hall–Kier alpha value is -1.93. The van der Waals surface area contributed by atoms with Crippen LogP contribution in [-0.2, 0) is 4.79 Å². The lowest BCUT2D eigenvalue weighted by atomic mass is 10.1. The molecule has 0 saturated heterocycles. The smallest absolute Gasteiger partial charge is 0.227 e. The molecule has 0 spiro atoms. The van der Waals surface area contributed by atoms with Crippen molar-refractivity contribution in [1.82, 2.24) is 0 Å². The molecule has 1 saturated carbocycles. The normalized spacial score (nSPS) is 22.5. The van der Waals surface area contributed by atoms with E-state index in [9.17, 15) is 9.18 Å². The number of halogens is 1. The van der Waals surface area contributed by atoms with Crippen LogP contribution >= 0.6 is 0 Å². The first kappa shape index (κ1) is 12.5. The summed E-state index contributed by atoms with van der Waals surface area (Å²) in [5.41, 5.74) is 6.12. The molecule has 94 valence electrons. The Morgan fingerprint density at radius 1 is 1.50 bits per heavy atom. The standard InChI is InChI=1S/C13H14FN3O/c14-12-4-3-11(6-9(12)7-15)17-13(18)8-1-2-10(16)5-8/h3-4,6,8,10H,1-2,5,16H2,(H,17,18). The average Bonchev–Trinajstić information content (AvgIpc) is 2.78. The van der Waals surface area contributed by atoms with E-state index in [4.69, 9.17) is 11.0 Å². The van der Waals surface area contributed by atoms with Crippen LogP contribution in [0.2, 0.25) is 0 Å². The van der Waals surface area contributed by atoms with Gasteiger partial charge in [-0.2, -0.15) is 5.26 Å². The van der Waals surface area contributed by atoms with Crippen LogP contribution in [0.5, 0.6) is 0 Å². The van der Waals surface area contributed by atoms with Gasteiger partial charge in [0.05, 0.1) is 5.56 Å². The highest BCUT2D eigenvalue weighted by Crippen LogP contribution is 2.25. The molecule has 2 unspecified atom stereocenters. The maximum Gasteiger partial charge on any atom is 0.227 e. The summed E-state index contributed by atoms with van der Waals surface area (Å²) in [6.45, 7) is 0. The largest absolute Gasteiger partial charge is 0.328 e. The Balaban J connectivity index is 2.06. The molecule has 3 N–H and O–H groups in total. The van der Waals surface area contributed by atoms with Crippen molar-refractivity contribution in [2.75, 3.05) is 5.32 Å². The van der Waals surface area contributed by atoms with Gasteiger partial charge in [-0.3, -0.25) is 4.79 Å². The van der Waals surface area contributed by atoms with Crippen molar-refractivity contribution in [1.29, 1.82) is 5.26 Å². The van der Waals surface area contributed by atoms with Crippen LogP contribution in [0.1, 0.15) is 24.8 Å². The third kappa shape index (κ3) is 2.66. The minimum absolute atomic E-state index is 0.0732. The zero-order chi connectivity index (χ0) is 13.1. The number of carbonyl (C=O) groups is 1. The van der Waals surface area contributed by atoms with Crippen LogP contribution in [0.3, 0.4) is 0 Å². The molecule has 1 fully saturated rings. The fourth-order valence-corrected chi connectivity index (χ4v) is 2.19. The van der Waals surface area contributed by atoms with E-state index in [2.05, 4.69) is 5.32 Å². The molecular weight excluding hydrogens is 233 g/mol. The van der Waals surface area contributed by atoms with E-state index in [1.165, 1.54) is 18.2 Å². The second kappa shape index (κ2) is 5.15. The van der Waals surface area contributed by atoms with Gasteiger partial charge in [-0.05, 0) is 37.5 Å². The van der Waals surface area contributed by atoms with Gasteiger partial charge in [0, 0.05) is 17.6 Å². The van der Waals surface area contributed by atoms with Gasteiger partial charge in [0.15, 0.2) is 0 Å². The first-order valence-electron chi connectivity index (χ1n) is 5.86. The third-order valence-electron chi connectivity index (χ3n) is 3.20. The van der Waals surface area contributed by atoms with Crippen molar-refractivity contribution in [3.8, 4) is 6.07 Å². The molecule has 0 aromatic heterocycles. The van der Waals surface area contributed by atoms with Crippen LogP contribution in [0.15, 0.2) is 18.2 Å². The average molecular weight is 247 g/mol. The molecule has 2 rings (SSSR count). The third-order valence-corrected chi connectivity index (χ3v) is 3.20. The summed E-state index contributed by atoms with van der Waals surface area (Å²) in [7, 11) is 0. The Morgan fingerprint density at radius 2 is 2.28 bits per heavy atom. The summed E-state index contributed by atoms with van der Waals surface area (Å²) in [6, 6.07) is 5.78. The fourth-order valence-electron chi connectivity index (χ4n) is 2.19. The van der Waals surface area contributed by atoms with Crippen molar-refractivity contribution < 1.29 is 9.18 Å². The van der Waals surface area contributed by atoms with Crippen LogP contribution in [0.4, 0.5) is 10.1 Å². The van der Waals surface area contributed by atoms with Gasteiger partial charge in [0.25, 0.3) is 0 Å². The fraction of sp³-hybridized carbons (Fsp3) is 0.385. The molecular formula is C13H14FN3O. The van der Waals surface area contributed by atoms with E-state index >= 15 is 0 Å². The maximum absolute atomic E-state index is 13.1. The second-order valence-electron chi connectivity index (χ2n) is 4.57. The van der Waals surface area contributed by atoms with Crippen molar-refractivity contribution in [2.24, 2.45) is 11.7 Å². The van der Waals surface area contributed by atoms with Gasteiger partial charge in [-0.25, -0.2) is 4.39 Å². The van der Waals surface area contributed by atoms with Gasteiger partial charge in [-0.15, -0.1) is 0 Å². The minimum Gasteiger partial charge on any atom is -0.328 e. The summed E-state index contributed by atoms with van der Waals surface area (Å²) >= 11 is 0. The molecule has 0 aliphatic heterocycles. The Bertz CT molecular complexity index is 509. The summed E-state index contributed by atoms with van der Waals surface area (Å²) in [5.74, 6) is -0.785. The molecule has 0 radical (unpaired) electrons. The number of nitrogens with two attached hydrogens (primary N) is 1. The zero-order valence-electron chi connectivity index (χ0n) is 9.82. The zero-order valence-corrected chi connectivity index (χ0v) is 9.82. The van der Waals surface area contributed by atoms with Gasteiger partial charge < -0.3 is 11.1 Å². The van der Waals surface area contributed by atoms with E-state index < -0.39 is 5.82 Å². The number of hydrogen-bond acceptors (Lipinski definition) is 3. The molecule has 0 heterocycles. The van der Waals surface area contributed by atoms with Crippen LogP contribution in [0, 0.1) is 23.1 Å². The Kier molecular flexibility index (Phi) is 3.58. The minimum atomic E-state index is -0.585. The number of carbonyl (C=O) groups excluding carboxylic acids is 1. The number of rotatable bonds is 2. The van der Waals surface area contributed by atoms with Crippen LogP contribution in [-0.4, -0.2) is 11.9 Å².